The van der Waals surface area contributed by atoms with E-state index in [-0.39, 0.29) is 23.0 Å². The minimum absolute atomic E-state index is 0.0129. The molecule has 0 unspecified atom stereocenters. The van der Waals surface area contributed by atoms with Gasteiger partial charge in [0.15, 0.2) is 0 Å². The van der Waals surface area contributed by atoms with Crippen molar-refractivity contribution in [1.29, 1.82) is 0 Å². The van der Waals surface area contributed by atoms with E-state index in [2.05, 4.69) is 36.3 Å². The van der Waals surface area contributed by atoms with E-state index in [0.29, 0.717) is 31.4 Å². The topological polar surface area (TPSA) is 147 Å². The Labute approximate surface area is 265 Å². The molecular weight excluding hydrogens is 572 g/mol. The van der Waals surface area contributed by atoms with Gasteiger partial charge in [-0.3, -0.25) is 14.5 Å². The Balaban J connectivity index is 0.000000242. The summed E-state index contributed by atoms with van der Waals surface area (Å²) < 4.78 is 10.6. The van der Waals surface area contributed by atoms with Crippen LogP contribution in [0.2, 0.25) is 0 Å². The second-order valence-electron chi connectivity index (χ2n) is 13.1. The molecule has 2 aliphatic rings. The van der Waals surface area contributed by atoms with Gasteiger partial charge in [0.25, 0.3) is 0 Å². The summed E-state index contributed by atoms with van der Waals surface area (Å²) in [6.07, 6.45) is 4.61. The predicted molar refractivity (Wildman–Crippen MR) is 174 cm³/mol. The number of carboxylic acids is 1. The third kappa shape index (κ3) is 9.88. The van der Waals surface area contributed by atoms with Crippen molar-refractivity contribution in [1.82, 2.24) is 15.5 Å². The number of nitrogens with zero attached hydrogens (tertiary/aromatic N) is 1. The third-order valence-electron chi connectivity index (χ3n) is 8.50. The average molecular weight is 621 g/mol. The fraction of sp³-hybridized carbons (Fsp3) is 0.514. The molecule has 2 fully saturated rings. The Bertz CT molecular complexity index is 1420. The molecule has 1 saturated heterocycles. The summed E-state index contributed by atoms with van der Waals surface area (Å²) >= 11 is 0. The number of amides is 2. The Morgan fingerprint density at radius 3 is 2.36 bits per heavy atom. The van der Waals surface area contributed by atoms with Crippen LogP contribution in [-0.2, 0) is 26.2 Å². The van der Waals surface area contributed by atoms with Gasteiger partial charge in [0.05, 0.1) is 18.8 Å². The number of carboxylic acid groups (broad SMARTS) is 1. The maximum absolute atomic E-state index is 12.9. The molecule has 3 aromatic rings. The zero-order valence-corrected chi connectivity index (χ0v) is 26.8. The van der Waals surface area contributed by atoms with E-state index in [0.717, 1.165) is 68.6 Å². The fourth-order valence-corrected chi connectivity index (χ4v) is 5.67. The van der Waals surface area contributed by atoms with Crippen molar-refractivity contribution in [2.45, 2.75) is 76.3 Å². The molecule has 0 spiro atoms. The van der Waals surface area contributed by atoms with E-state index in [4.69, 9.17) is 20.0 Å². The molecule has 2 aromatic carbocycles. The highest BCUT2D eigenvalue weighted by Crippen LogP contribution is 2.28. The number of benzene rings is 2. The standard InChI is InChI=1S/C22H34N4O3.C13H14O3/c23-22(9-4-5-10-22)21(28)25-19(17-18-7-2-1-3-8-18)20(27)24-11-6-12-26-13-15-29-16-14-26;1-13(2,3)9-4-5-10-8(6-9)7-11(16-10)12(14)15/h1-3,7-8,19H,4-6,9-17,23H2,(H,24,27)(H,25,28);4-7H,1-3H3,(H,14,15)/t19-;/m1./s1. The largest absolute Gasteiger partial charge is 0.475 e. The van der Waals surface area contributed by atoms with Crippen molar-refractivity contribution < 1.29 is 28.6 Å². The van der Waals surface area contributed by atoms with E-state index in [1.54, 1.807) is 6.07 Å². The average Bonchev–Trinajstić information content (AvgIpc) is 3.67. The molecule has 1 atom stereocenters. The number of morpholine rings is 1. The summed E-state index contributed by atoms with van der Waals surface area (Å²) in [5, 5.41) is 15.6. The van der Waals surface area contributed by atoms with Crippen LogP contribution in [0.25, 0.3) is 11.0 Å². The first-order chi connectivity index (χ1) is 21.4. The molecule has 0 bridgehead atoms. The summed E-state index contributed by atoms with van der Waals surface area (Å²) in [7, 11) is 0. The van der Waals surface area contributed by atoms with Crippen LogP contribution in [0.5, 0.6) is 0 Å². The Morgan fingerprint density at radius 1 is 1.02 bits per heavy atom. The van der Waals surface area contributed by atoms with Gasteiger partial charge in [-0.25, -0.2) is 4.79 Å². The molecule has 5 rings (SSSR count). The lowest BCUT2D eigenvalue weighted by atomic mass is 9.86. The molecular formula is C35H48N4O6. The van der Waals surface area contributed by atoms with E-state index in [9.17, 15) is 14.4 Å². The molecule has 2 heterocycles. The Hall–Kier alpha value is -3.73. The van der Waals surface area contributed by atoms with Crippen LogP contribution in [0.15, 0.2) is 59.0 Å². The summed E-state index contributed by atoms with van der Waals surface area (Å²) in [5.41, 5.74) is 8.29. The lowest BCUT2D eigenvalue weighted by molar-refractivity contribution is -0.131. The van der Waals surface area contributed by atoms with E-state index < -0.39 is 17.6 Å². The summed E-state index contributed by atoms with van der Waals surface area (Å²) in [4.78, 5) is 38.7. The predicted octanol–water partition coefficient (Wildman–Crippen LogP) is 4.25. The normalized spacial score (nSPS) is 17.2. The zero-order chi connectivity index (χ0) is 32.5. The van der Waals surface area contributed by atoms with Gasteiger partial charge >= 0.3 is 5.97 Å². The van der Waals surface area contributed by atoms with Gasteiger partial charge < -0.3 is 30.6 Å². The van der Waals surface area contributed by atoms with Gasteiger partial charge in [0.2, 0.25) is 17.6 Å². The van der Waals surface area contributed by atoms with Gasteiger partial charge in [-0.1, -0.05) is 70.0 Å². The molecule has 1 aromatic heterocycles. The molecule has 1 saturated carbocycles. The molecule has 244 valence electrons. The first-order valence-corrected chi connectivity index (χ1v) is 15.9. The number of carbonyl (C=O) groups excluding carboxylic acids is 2. The highest BCUT2D eigenvalue weighted by atomic mass is 16.5. The fourth-order valence-electron chi connectivity index (χ4n) is 5.67. The number of fused-ring (bicyclic) bond motifs is 1. The molecule has 10 nitrogen and oxygen atoms in total. The first-order valence-electron chi connectivity index (χ1n) is 15.9. The van der Waals surface area contributed by atoms with Crippen molar-refractivity contribution in [3.05, 3.63) is 71.5 Å². The lowest BCUT2D eigenvalue weighted by Crippen LogP contribution is -2.58. The van der Waals surface area contributed by atoms with Gasteiger partial charge in [0.1, 0.15) is 11.6 Å². The number of rotatable bonds is 10. The SMILES string of the molecule is CC(C)(C)c1ccc2oc(C(=O)O)cc2c1.NC1(C(=O)N[C@H](Cc2ccccc2)C(=O)NCCCN2CCOCC2)CCCC1. The maximum Gasteiger partial charge on any atom is 0.371 e. The van der Waals surface area contributed by atoms with Crippen LogP contribution in [0.4, 0.5) is 0 Å². The Kier molecular flexibility index (Phi) is 11.8. The number of nitrogens with one attached hydrogen (secondary N) is 2. The first kappa shape index (κ1) is 34.1. The smallest absolute Gasteiger partial charge is 0.371 e. The number of hydrogen-bond donors (Lipinski definition) is 4. The van der Waals surface area contributed by atoms with Crippen LogP contribution in [0, 0.1) is 0 Å². The highest BCUT2D eigenvalue weighted by Gasteiger charge is 2.38. The summed E-state index contributed by atoms with van der Waals surface area (Å²) in [6, 6.07) is 16.5. The zero-order valence-electron chi connectivity index (χ0n) is 26.8. The molecule has 1 aliphatic carbocycles. The molecule has 45 heavy (non-hydrogen) atoms. The quantitative estimate of drug-likeness (QED) is 0.246. The van der Waals surface area contributed by atoms with Gasteiger partial charge in [0, 0.05) is 31.4 Å². The second kappa shape index (κ2) is 15.5. The summed E-state index contributed by atoms with van der Waals surface area (Å²) in [6.45, 7) is 11.3. The highest BCUT2D eigenvalue weighted by molar-refractivity contribution is 5.92. The Morgan fingerprint density at radius 2 is 1.71 bits per heavy atom. The van der Waals surface area contributed by atoms with Crippen molar-refractivity contribution in [2.75, 3.05) is 39.4 Å². The van der Waals surface area contributed by atoms with Gasteiger partial charge in [-0.15, -0.1) is 0 Å². The summed E-state index contributed by atoms with van der Waals surface area (Å²) in [5.74, 6) is -1.40. The third-order valence-corrected chi connectivity index (χ3v) is 8.50. The number of nitrogens with two attached hydrogens (primary N) is 1. The van der Waals surface area contributed by atoms with Crippen molar-refractivity contribution >= 4 is 28.8 Å². The lowest BCUT2D eigenvalue weighted by Gasteiger charge is -2.27. The van der Waals surface area contributed by atoms with Gasteiger partial charge in [-0.05, 0) is 60.5 Å². The number of furan rings is 1. The van der Waals surface area contributed by atoms with Crippen LogP contribution < -0.4 is 16.4 Å². The number of ether oxygens (including phenoxy) is 1. The minimum Gasteiger partial charge on any atom is -0.475 e. The van der Waals surface area contributed by atoms with Crippen LogP contribution >= 0.6 is 0 Å². The molecule has 0 radical (unpaired) electrons. The molecule has 10 heteroatoms. The minimum atomic E-state index is -1.03. The second-order valence-corrected chi connectivity index (χ2v) is 13.1. The van der Waals surface area contributed by atoms with Crippen LogP contribution in [0.1, 0.15) is 74.6 Å². The molecule has 1 aliphatic heterocycles. The monoisotopic (exact) mass is 620 g/mol. The van der Waals surface area contributed by atoms with E-state index in [1.807, 2.05) is 48.5 Å². The number of carbonyl (C=O) groups is 3. The van der Waals surface area contributed by atoms with Crippen molar-refractivity contribution in [3.8, 4) is 0 Å². The van der Waals surface area contributed by atoms with Crippen LogP contribution in [0.3, 0.4) is 0 Å². The van der Waals surface area contributed by atoms with E-state index in [1.165, 1.54) is 0 Å². The van der Waals surface area contributed by atoms with Gasteiger partial charge in [-0.2, -0.15) is 0 Å². The number of hydrogen-bond acceptors (Lipinski definition) is 7. The van der Waals surface area contributed by atoms with Crippen molar-refractivity contribution in [2.24, 2.45) is 5.73 Å². The molecule has 5 N–H and O–H groups in total. The van der Waals surface area contributed by atoms with Crippen LogP contribution in [-0.4, -0.2) is 78.8 Å². The number of aromatic carboxylic acids is 1. The van der Waals surface area contributed by atoms with Crippen molar-refractivity contribution in [3.63, 3.8) is 0 Å². The maximum atomic E-state index is 12.9. The van der Waals surface area contributed by atoms with E-state index >= 15 is 0 Å². The molecule has 2 amide bonds.